The van der Waals surface area contributed by atoms with Gasteiger partial charge in [0.05, 0.1) is 5.75 Å². The minimum Gasteiger partial charge on any atom is -0.508 e. The number of nitrogens with one attached hydrogen (secondary N) is 1. The summed E-state index contributed by atoms with van der Waals surface area (Å²) in [6, 6.07) is 7.13. The van der Waals surface area contributed by atoms with E-state index >= 15 is 0 Å². The van der Waals surface area contributed by atoms with Crippen LogP contribution in [0.15, 0.2) is 29.2 Å². The van der Waals surface area contributed by atoms with E-state index in [0.717, 1.165) is 17.7 Å². The molecule has 110 valence electrons. The molecule has 1 aromatic carbocycles. The second-order valence-electron chi connectivity index (χ2n) is 5.24. The fourth-order valence-corrected chi connectivity index (χ4v) is 3.33. The molecule has 1 amide bonds. The number of carbonyl (C=O) groups excluding carboxylic acids is 1. The Morgan fingerprint density at radius 2 is 2.00 bits per heavy atom. The molecule has 5 heteroatoms. The molecule has 0 saturated heterocycles. The highest BCUT2D eigenvalue weighted by Crippen LogP contribution is 2.24. The molecule has 2 rings (SSSR count). The predicted octanol–water partition coefficient (Wildman–Crippen LogP) is 2.12. The van der Waals surface area contributed by atoms with Crippen molar-refractivity contribution in [2.45, 2.75) is 36.6 Å². The van der Waals surface area contributed by atoms with Crippen LogP contribution in [0, 0.1) is 5.92 Å². The number of benzene rings is 1. The highest BCUT2D eigenvalue weighted by Gasteiger charge is 2.25. The van der Waals surface area contributed by atoms with Crippen LogP contribution in [0.25, 0.3) is 0 Å². The Labute approximate surface area is 124 Å². The van der Waals surface area contributed by atoms with Gasteiger partial charge in [-0.05, 0) is 49.6 Å². The van der Waals surface area contributed by atoms with Gasteiger partial charge in [0.25, 0.3) is 0 Å². The van der Waals surface area contributed by atoms with Gasteiger partial charge in [-0.25, -0.2) is 0 Å². The lowest BCUT2D eigenvalue weighted by Gasteiger charge is -2.31. The fourth-order valence-electron chi connectivity index (χ4n) is 2.62. The van der Waals surface area contributed by atoms with Crippen LogP contribution < -0.4 is 11.1 Å². The van der Waals surface area contributed by atoms with Crippen molar-refractivity contribution in [3.05, 3.63) is 24.3 Å². The average Bonchev–Trinajstić information content (AvgIpc) is 2.47. The Bertz CT molecular complexity index is 436. The topological polar surface area (TPSA) is 75.3 Å². The zero-order valence-corrected chi connectivity index (χ0v) is 12.4. The van der Waals surface area contributed by atoms with Gasteiger partial charge in [-0.2, -0.15) is 0 Å². The van der Waals surface area contributed by atoms with Crippen LogP contribution in [0.5, 0.6) is 5.75 Å². The molecule has 0 aromatic heterocycles. The highest BCUT2D eigenvalue weighted by atomic mass is 32.2. The summed E-state index contributed by atoms with van der Waals surface area (Å²) in [6.07, 6.45) is 4.55. The molecule has 4 N–H and O–H groups in total. The lowest BCUT2D eigenvalue weighted by Crippen LogP contribution is -2.45. The summed E-state index contributed by atoms with van der Waals surface area (Å²) in [7, 11) is 0. The molecule has 20 heavy (non-hydrogen) atoms. The molecule has 1 fully saturated rings. The van der Waals surface area contributed by atoms with Crippen LogP contribution in [-0.2, 0) is 4.79 Å². The number of phenolic OH excluding ortho intramolecular Hbond substituents is 1. The van der Waals surface area contributed by atoms with E-state index in [4.69, 9.17) is 5.73 Å². The molecule has 1 aliphatic carbocycles. The van der Waals surface area contributed by atoms with Crippen molar-refractivity contribution in [2.24, 2.45) is 11.7 Å². The summed E-state index contributed by atoms with van der Waals surface area (Å²) in [5, 5.41) is 12.3. The lowest BCUT2D eigenvalue weighted by atomic mass is 9.84. The molecule has 0 heterocycles. The molecule has 2 unspecified atom stereocenters. The van der Waals surface area contributed by atoms with Crippen molar-refractivity contribution in [3.8, 4) is 5.75 Å². The van der Waals surface area contributed by atoms with Crippen LogP contribution in [0.2, 0.25) is 0 Å². The molecule has 0 aliphatic heterocycles. The van der Waals surface area contributed by atoms with Crippen LogP contribution in [-0.4, -0.2) is 29.4 Å². The van der Waals surface area contributed by atoms with Crippen molar-refractivity contribution in [1.82, 2.24) is 5.32 Å². The molecule has 0 radical (unpaired) electrons. The molecule has 1 saturated carbocycles. The van der Waals surface area contributed by atoms with Gasteiger partial charge >= 0.3 is 0 Å². The van der Waals surface area contributed by atoms with Crippen molar-refractivity contribution in [1.29, 1.82) is 0 Å². The zero-order chi connectivity index (χ0) is 14.4. The summed E-state index contributed by atoms with van der Waals surface area (Å²) in [6.45, 7) is 0.649. The van der Waals surface area contributed by atoms with Crippen LogP contribution in [0.3, 0.4) is 0 Å². The smallest absolute Gasteiger partial charge is 0.230 e. The number of hydrogen-bond donors (Lipinski definition) is 3. The number of aromatic hydroxyl groups is 1. The summed E-state index contributed by atoms with van der Waals surface area (Å²) >= 11 is 1.48. The molecular weight excluding hydrogens is 272 g/mol. The Kier molecular flexibility index (Phi) is 5.73. The number of carbonyl (C=O) groups is 1. The van der Waals surface area contributed by atoms with E-state index < -0.39 is 0 Å². The molecular formula is C15H22N2O2S. The number of nitrogens with two attached hydrogens (primary N) is 1. The normalized spacial score (nSPS) is 22.4. The molecule has 2 atom stereocenters. The Balaban J connectivity index is 1.78. The third kappa shape index (κ3) is 4.42. The first-order chi connectivity index (χ1) is 9.69. The van der Waals surface area contributed by atoms with E-state index in [2.05, 4.69) is 5.32 Å². The summed E-state index contributed by atoms with van der Waals surface area (Å²) in [5.74, 6) is 1.13. The second-order valence-corrected chi connectivity index (χ2v) is 6.29. The molecule has 4 nitrogen and oxygen atoms in total. The number of rotatable bonds is 5. The van der Waals surface area contributed by atoms with Gasteiger partial charge in [-0.1, -0.05) is 12.8 Å². The van der Waals surface area contributed by atoms with Gasteiger partial charge in [-0.3, -0.25) is 4.79 Å². The Morgan fingerprint density at radius 1 is 1.30 bits per heavy atom. The number of thioether (sulfide) groups is 1. The van der Waals surface area contributed by atoms with E-state index in [1.165, 1.54) is 24.6 Å². The van der Waals surface area contributed by atoms with Gasteiger partial charge < -0.3 is 16.2 Å². The second kappa shape index (κ2) is 7.55. The van der Waals surface area contributed by atoms with Crippen molar-refractivity contribution in [2.75, 3.05) is 12.3 Å². The SMILES string of the molecule is NCC1CCCCC1NC(=O)CSc1ccc(O)cc1. The standard InChI is InChI=1S/C15H22N2O2S/c16-9-11-3-1-2-4-14(11)17-15(19)10-20-13-7-5-12(18)6-8-13/h5-8,11,14,18H,1-4,9-10,16H2,(H,17,19). The average molecular weight is 294 g/mol. The molecule has 1 aromatic rings. The Morgan fingerprint density at radius 3 is 2.70 bits per heavy atom. The zero-order valence-electron chi connectivity index (χ0n) is 11.5. The summed E-state index contributed by atoms with van der Waals surface area (Å²) < 4.78 is 0. The van der Waals surface area contributed by atoms with Gasteiger partial charge in [0.1, 0.15) is 5.75 Å². The van der Waals surface area contributed by atoms with Gasteiger partial charge in [-0.15, -0.1) is 11.8 Å². The minimum absolute atomic E-state index is 0.0634. The van der Waals surface area contributed by atoms with Gasteiger partial charge in [0, 0.05) is 10.9 Å². The maximum Gasteiger partial charge on any atom is 0.230 e. The lowest BCUT2D eigenvalue weighted by molar-refractivity contribution is -0.119. The molecule has 1 aliphatic rings. The largest absolute Gasteiger partial charge is 0.508 e. The third-order valence-corrected chi connectivity index (χ3v) is 4.78. The Hall–Kier alpha value is -1.20. The number of phenols is 1. The van der Waals surface area contributed by atoms with Gasteiger partial charge in [0.15, 0.2) is 0 Å². The monoisotopic (exact) mass is 294 g/mol. The first kappa shape index (κ1) is 15.2. The van der Waals surface area contributed by atoms with Crippen LogP contribution >= 0.6 is 11.8 Å². The van der Waals surface area contributed by atoms with E-state index in [-0.39, 0.29) is 17.7 Å². The van der Waals surface area contributed by atoms with E-state index in [9.17, 15) is 9.90 Å². The highest BCUT2D eigenvalue weighted by molar-refractivity contribution is 8.00. The first-order valence-electron chi connectivity index (χ1n) is 7.10. The fraction of sp³-hybridized carbons (Fsp3) is 0.533. The maximum atomic E-state index is 12.0. The first-order valence-corrected chi connectivity index (χ1v) is 8.09. The number of amides is 1. The van der Waals surface area contributed by atoms with E-state index in [1.54, 1.807) is 12.1 Å². The van der Waals surface area contributed by atoms with Crippen molar-refractivity contribution >= 4 is 17.7 Å². The number of hydrogen-bond acceptors (Lipinski definition) is 4. The molecule has 0 spiro atoms. The quantitative estimate of drug-likeness (QED) is 0.727. The van der Waals surface area contributed by atoms with Gasteiger partial charge in [0.2, 0.25) is 5.91 Å². The van der Waals surface area contributed by atoms with Crippen LogP contribution in [0.4, 0.5) is 0 Å². The van der Waals surface area contributed by atoms with Crippen molar-refractivity contribution in [3.63, 3.8) is 0 Å². The van der Waals surface area contributed by atoms with E-state index in [1.807, 2.05) is 12.1 Å². The van der Waals surface area contributed by atoms with E-state index in [0.29, 0.717) is 18.2 Å². The van der Waals surface area contributed by atoms with Crippen LogP contribution in [0.1, 0.15) is 25.7 Å². The summed E-state index contributed by atoms with van der Waals surface area (Å²) in [5.41, 5.74) is 5.77. The summed E-state index contributed by atoms with van der Waals surface area (Å²) in [4.78, 5) is 13.0. The minimum atomic E-state index is 0.0634. The van der Waals surface area contributed by atoms with Crippen molar-refractivity contribution < 1.29 is 9.90 Å². The third-order valence-electron chi connectivity index (χ3n) is 3.76. The molecule has 0 bridgehead atoms. The maximum absolute atomic E-state index is 12.0. The predicted molar refractivity (Wildman–Crippen MR) is 81.8 cm³/mol.